The SMILES string of the molecule is COc1cccc2cccc(N3CCc4c(nc(OC[C@@H]5CCCN5C)nc4N4CCN[C@@H](CC#N)C4)C3)c12. The van der Waals surface area contributed by atoms with Crippen LogP contribution in [0.15, 0.2) is 36.4 Å². The molecule has 0 bridgehead atoms. The number of likely N-dealkylation sites (tertiary alicyclic amines) is 1. The number of ether oxygens (including phenoxy) is 2. The molecule has 0 unspecified atom stereocenters. The number of likely N-dealkylation sites (N-methyl/N-ethyl adjacent to an activating group) is 1. The molecule has 39 heavy (non-hydrogen) atoms. The van der Waals surface area contributed by atoms with Gasteiger partial charge < -0.3 is 29.5 Å². The van der Waals surface area contributed by atoms with Gasteiger partial charge in [0.05, 0.1) is 31.8 Å². The zero-order valence-corrected chi connectivity index (χ0v) is 22.9. The van der Waals surface area contributed by atoms with Crippen LogP contribution in [0, 0.1) is 11.3 Å². The average molecular weight is 528 g/mol. The summed E-state index contributed by atoms with van der Waals surface area (Å²) in [5.74, 6) is 1.85. The van der Waals surface area contributed by atoms with E-state index in [0.29, 0.717) is 31.6 Å². The number of methoxy groups -OCH3 is 1. The van der Waals surface area contributed by atoms with Gasteiger partial charge in [-0.25, -0.2) is 0 Å². The van der Waals surface area contributed by atoms with Crippen molar-refractivity contribution < 1.29 is 9.47 Å². The molecule has 0 saturated carbocycles. The van der Waals surface area contributed by atoms with Crippen molar-refractivity contribution in [3.05, 3.63) is 47.7 Å². The Balaban J connectivity index is 1.34. The number of benzene rings is 2. The Kier molecular flexibility index (Phi) is 7.40. The second kappa shape index (κ2) is 11.2. The summed E-state index contributed by atoms with van der Waals surface area (Å²) in [6.07, 6.45) is 3.66. The van der Waals surface area contributed by atoms with Gasteiger partial charge in [0.25, 0.3) is 0 Å². The van der Waals surface area contributed by atoms with E-state index >= 15 is 0 Å². The third kappa shape index (κ3) is 5.19. The molecule has 0 aliphatic carbocycles. The van der Waals surface area contributed by atoms with E-state index in [2.05, 4.69) is 57.4 Å². The normalized spacial score (nSPS) is 21.6. The standard InChI is InChI=1S/C30H37N7O2/c1-35-15-5-8-23(35)20-39-30-33-25-19-36(26-9-3-6-21-7-4-10-27(38-2)28(21)26)16-12-24(25)29(34-30)37-17-14-32-22(18-37)11-13-31/h3-4,6-7,9-10,22-23,32H,5,8,11-12,14-20H2,1-2H3/t22-,23-/m0/s1. The molecular formula is C30H37N7O2. The number of hydrogen-bond acceptors (Lipinski definition) is 9. The molecule has 204 valence electrons. The Morgan fingerprint density at radius 2 is 1.97 bits per heavy atom. The molecule has 2 aromatic carbocycles. The largest absolute Gasteiger partial charge is 0.496 e. The predicted molar refractivity (Wildman–Crippen MR) is 153 cm³/mol. The van der Waals surface area contributed by atoms with Crippen molar-refractivity contribution in [1.29, 1.82) is 5.26 Å². The number of rotatable bonds is 7. The number of piperazine rings is 1. The van der Waals surface area contributed by atoms with Gasteiger partial charge in [-0.15, -0.1) is 0 Å². The minimum atomic E-state index is 0.133. The Morgan fingerprint density at radius 3 is 2.77 bits per heavy atom. The highest BCUT2D eigenvalue weighted by molar-refractivity contribution is 5.99. The number of nitrogens with one attached hydrogen (secondary N) is 1. The lowest BCUT2D eigenvalue weighted by molar-refractivity contribution is 0.187. The fraction of sp³-hybridized carbons (Fsp3) is 0.500. The summed E-state index contributed by atoms with van der Waals surface area (Å²) in [5.41, 5.74) is 3.37. The second-order valence-electron chi connectivity index (χ2n) is 10.8. The summed E-state index contributed by atoms with van der Waals surface area (Å²) >= 11 is 0. The molecule has 3 aromatic rings. The Hall–Kier alpha value is -3.61. The number of fused-ring (bicyclic) bond motifs is 2. The molecular weight excluding hydrogens is 490 g/mol. The summed E-state index contributed by atoms with van der Waals surface area (Å²) in [7, 11) is 3.89. The molecule has 9 nitrogen and oxygen atoms in total. The van der Waals surface area contributed by atoms with Crippen LogP contribution < -0.4 is 24.6 Å². The lowest BCUT2D eigenvalue weighted by atomic mass is 10.0. The quantitative estimate of drug-likeness (QED) is 0.497. The first kappa shape index (κ1) is 25.7. The maximum absolute atomic E-state index is 9.28. The molecule has 0 amide bonds. The zero-order valence-electron chi connectivity index (χ0n) is 22.9. The van der Waals surface area contributed by atoms with Crippen LogP contribution in [0.3, 0.4) is 0 Å². The number of nitriles is 1. The smallest absolute Gasteiger partial charge is 0.318 e. The summed E-state index contributed by atoms with van der Waals surface area (Å²) in [6.45, 7) is 5.67. The molecule has 0 spiro atoms. The van der Waals surface area contributed by atoms with E-state index in [1.54, 1.807) is 7.11 Å². The topological polar surface area (TPSA) is 89.8 Å². The van der Waals surface area contributed by atoms with E-state index < -0.39 is 0 Å². The molecule has 0 radical (unpaired) electrons. The molecule has 2 fully saturated rings. The molecule has 3 aliphatic heterocycles. The van der Waals surface area contributed by atoms with Crippen molar-refractivity contribution in [3.63, 3.8) is 0 Å². The Labute approximate surface area is 230 Å². The Bertz CT molecular complexity index is 1370. The number of hydrogen-bond donors (Lipinski definition) is 1. The first-order valence-electron chi connectivity index (χ1n) is 14.0. The van der Waals surface area contributed by atoms with E-state index in [4.69, 9.17) is 19.4 Å². The molecule has 2 saturated heterocycles. The summed E-state index contributed by atoms with van der Waals surface area (Å²) in [4.78, 5) is 17.1. The zero-order chi connectivity index (χ0) is 26.8. The monoisotopic (exact) mass is 527 g/mol. The highest BCUT2D eigenvalue weighted by Crippen LogP contribution is 2.38. The van der Waals surface area contributed by atoms with Crippen LogP contribution in [0.25, 0.3) is 10.8 Å². The van der Waals surface area contributed by atoms with Crippen LogP contribution >= 0.6 is 0 Å². The minimum Gasteiger partial charge on any atom is -0.496 e. The minimum absolute atomic E-state index is 0.133. The van der Waals surface area contributed by atoms with Crippen LogP contribution in [0.5, 0.6) is 11.8 Å². The molecule has 6 rings (SSSR count). The van der Waals surface area contributed by atoms with Crippen LogP contribution in [0.2, 0.25) is 0 Å². The fourth-order valence-corrected chi connectivity index (χ4v) is 6.27. The van der Waals surface area contributed by atoms with Gasteiger partial charge in [-0.05, 0) is 50.4 Å². The molecule has 9 heteroatoms. The van der Waals surface area contributed by atoms with Gasteiger partial charge in [-0.1, -0.05) is 24.3 Å². The van der Waals surface area contributed by atoms with E-state index in [1.807, 2.05) is 12.1 Å². The van der Waals surface area contributed by atoms with Crippen LogP contribution in [-0.2, 0) is 13.0 Å². The number of aromatic nitrogens is 2. The highest BCUT2D eigenvalue weighted by atomic mass is 16.5. The predicted octanol–water partition coefficient (Wildman–Crippen LogP) is 3.37. The van der Waals surface area contributed by atoms with E-state index in [0.717, 1.165) is 79.3 Å². The third-order valence-corrected chi connectivity index (χ3v) is 8.40. The van der Waals surface area contributed by atoms with Crippen molar-refractivity contribution in [1.82, 2.24) is 20.2 Å². The van der Waals surface area contributed by atoms with Crippen LogP contribution in [-0.4, -0.2) is 80.4 Å². The number of nitrogens with zero attached hydrogens (tertiary/aromatic N) is 6. The lowest BCUT2D eigenvalue weighted by Gasteiger charge is -2.37. The fourth-order valence-electron chi connectivity index (χ4n) is 6.27. The first-order valence-corrected chi connectivity index (χ1v) is 14.0. The average Bonchev–Trinajstić information content (AvgIpc) is 3.39. The molecule has 1 aromatic heterocycles. The second-order valence-corrected chi connectivity index (χ2v) is 10.8. The first-order chi connectivity index (χ1) is 19.1. The summed E-state index contributed by atoms with van der Waals surface area (Å²) < 4.78 is 12.0. The lowest BCUT2D eigenvalue weighted by Crippen LogP contribution is -2.51. The molecule has 1 N–H and O–H groups in total. The van der Waals surface area contributed by atoms with Crippen molar-refractivity contribution in [2.45, 2.75) is 44.3 Å². The van der Waals surface area contributed by atoms with Gasteiger partial charge in [0.2, 0.25) is 0 Å². The van der Waals surface area contributed by atoms with Crippen molar-refractivity contribution in [2.24, 2.45) is 0 Å². The van der Waals surface area contributed by atoms with Gasteiger partial charge in [0, 0.05) is 54.9 Å². The van der Waals surface area contributed by atoms with Gasteiger partial charge in [0.15, 0.2) is 0 Å². The van der Waals surface area contributed by atoms with Gasteiger partial charge in [0.1, 0.15) is 18.2 Å². The van der Waals surface area contributed by atoms with Crippen molar-refractivity contribution in [2.75, 3.05) is 63.3 Å². The molecule has 4 heterocycles. The number of anilines is 2. The van der Waals surface area contributed by atoms with E-state index in [1.165, 1.54) is 12.0 Å². The van der Waals surface area contributed by atoms with E-state index in [-0.39, 0.29) is 6.04 Å². The van der Waals surface area contributed by atoms with Gasteiger partial charge in [-0.3, -0.25) is 0 Å². The van der Waals surface area contributed by atoms with Crippen molar-refractivity contribution in [3.8, 4) is 17.8 Å². The summed E-state index contributed by atoms with van der Waals surface area (Å²) in [6, 6.07) is 15.9. The Morgan fingerprint density at radius 1 is 1.10 bits per heavy atom. The van der Waals surface area contributed by atoms with Gasteiger partial charge >= 0.3 is 6.01 Å². The molecule has 2 atom stereocenters. The van der Waals surface area contributed by atoms with Gasteiger partial charge in [-0.2, -0.15) is 15.2 Å². The van der Waals surface area contributed by atoms with Crippen molar-refractivity contribution >= 4 is 22.3 Å². The summed E-state index contributed by atoms with van der Waals surface area (Å²) in [5, 5.41) is 15.0. The molecule has 3 aliphatic rings. The maximum Gasteiger partial charge on any atom is 0.318 e. The third-order valence-electron chi connectivity index (χ3n) is 8.40. The maximum atomic E-state index is 9.28. The van der Waals surface area contributed by atoms with Crippen LogP contribution in [0.1, 0.15) is 30.5 Å². The highest BCUT2D eigenvalue weighted by Gasteiger charge is 2.30. The van der Waals surface area contributed by atoms with E-state index in [9.17, 15) is 5.26 Å². The van der Waals surface area contributed by atoms with Crippen LogP contribution in [0.4, 0.5) is 11.5 Å².